The van der Waals surface area contributed by atoms with Crippen molar-refractivity contribution in [2.24, 2.45) is 0 Å². The summed E-state index contributed by atoms with van der Waals surface area (Å²) in [6, 6.07) is 18.1. The molecule has 1 fully saturated rings. The minimum absolute atomic E-state index is 0.00893. The lowest BCUT2D eigenvalue weighted by atomic mass is 10.1. The molecule has 2 aromatic carbocycles. The molecular weight excluding hydrogens is 336 g/mol. The number of aromatic nitrogens is 1. The molecule has 136 valence electrons. The topological polar surface area (TPSA) is 63.1 Å². The third-order valence-corrected chi connectivity index (χ3v) is 5.21. The number of pyridine rings is 1. The number of anilines is 1. The third kappa shape index (κ3) is 3.57. The molecule has 0 saturated carbocycles. The van der Waals surface area contributed by atoms with Crippen LogP contribution < -0.4 is 10.5 Å². The predicted molar refractivity (Wildman–Crippen MR) is 108 cm³/mol. The van der Waals surface area contributed by atoms with E-state index in [4.69, 9.17) is 0 Å². The number of aromatic amines is 1. The average molecular weight is 358 g/mol. The van der Waals surface area contributed by atoms with Gasteiger partial charge < -0.3 is 9.88 Å². The number of hydrogen-bond acceptors (Lipinski definition) is 4. The van der Waals surface area contributed by atoms with Gasteiger partial charge in [-0.05, 0) is 42.1 Å². The van der Waals surface area contributed by atoms with Gasteiger partial charge in [0.15, 0.2) is 0 Å². The molecule has 0 radical (unpaired) electrons. The number of nitrogens with zero attached hydrogens (tertiary/aromatic N) is 3. The van der Waals surface area contributed by atoms with E-state index < -0.39 is 0 Å². The number of fused-ring (bicyclic) bond motifs is 1. The number of nitrogens with one attached hydrogen (secondary N) is 1. The Morgan fingerprint density at radius 3 is 2.63 bits per heavy atom. The van der Waals surface area contributed by atoms with Crippen molar-refractivity contribution in [3.05, 3.63) is 75.6 Å². The lowest BCUT2D eigenvalue weighted by Crippen LogP contribution is -2.46. The number of rotatable bonds is 3. The molecule has 0 unspecified atom stereocenters. The zero-order valence-corrected chi connectivity index (χ0v) is 15.4. The number of para-hydroxylation sites is 1. The molecule has 2 heterocycles. The molecule has 1 aliphatic rings. The molecule has 5 nitrogen and oxygen atoms in total. The van der Waals surface area contributed by atoms with E-state index in [0.29, 0.717) is 12.1 Å². The molecule has 0 amide bonds. The van der Waals surface area contributed by atoms with E-state index in [1.54, 1.807) is 0 Å². The first-order valence-corrected chi connectivity index (χ1v) is 9.23. The molecule has 5 heteroatoms. The van der Waals surface area contributed by atoms with Crippen molar-refractivity contribution in [3.63, 3.8) is 0 Å². The predicted octanol–water partition coefficient (Wildman–Crippen LogP) is 3.03. The molecule has 0 bridgehead atoms. The monoisotopic (exact) mass is 358 g/mol. The molecule has 1 saturated heterocycles. The van der Waals surface area contributed by atoms with E-state index in [0.717, 1.165) is 53.9 Å². The van der Waals surface area contributed by atoms with Crippen LogP contribution in [0.5, 0.6) is 0 Å². The van der Waals surface area contributed by atoms with Crippen LogP contribution in [-0.4, -0.2) is 36.1 Å². The highest BCUT2D eigenvalue weighted by Gasteiger charge is 2.20. The summed E-state index contributed by atoms with van der Waals surface area (Å²) in [6.45, 7) is 6.10. The summed E-state index contributed by atoms with van der Waals surface area (Å²) < 4.78 is 0. The van der Waals surface area contributed by atoms with E-state index in [1.165, 1.54) is 0 Å². The average Bonchev–Trinajstić information content (AvgIpc) is 2.69. The van der Waals surface area contributed by atoms with Gasteiger partial charge in [-0.15, -0.1) is 0 Å². The summed E-state index contributed by atoms with van der Waals surface area (Å²) in [4.78, 5) is 20.0. The highest BCUT2D eigenvalue weighted by atomic mass is 16.1. The maximum Gasteiger partial charge on any atom is 0.252 e. The van der Waals surface area contributed by atoms with Gasteiger partial charge in [0, 0.05) is 43.8 Å². The van der Waals surface area contributed by atoms with Crippen molar-refractivity contribution < 1.29 is 0 Å². The lowest BCUT2D eigenvalue weighted by molar-refractivity contribution is 0.249. The van der Waals surface area contributed by atoms with E-state index in [-0.39, 0.29) is 5.56 Å². The normalized spacial score (nSPS) is 15.0. The van der Waals surface area contributed by atoms with Crippen molar-refractivity contribution in [2.75, 3.05) is 31.1 Å². The van der Waals surface area contributed by atoms with Crippen LogP contribution in [0.2, 0.25) is 0 Å². The molecule has 1 N–H and O–H groups in total. The Hall–Kier alpha value is -3.10. The van der Waals surface area contributed by atoms with Crippen molar-refractivity contribution in [1.29, 1.82) is 5.26 Å². The largest absolute Gasteiger partial charge is 0.368 e. The van der Waals surface area contributed by atoms with Crippen LogP contribution in [0, 0.1) is 18.3 Å². The van der Waals surface area contributed by atoms with Crippen LogP contribution in [0.3, 0.4) is 0 Å². The summed E-state index contributed by atoms with van der Waals surface area (Å²) in [5.74, 6) is 0. The standard InChI is InChI=1S/C22H22N4O/c1-16-6-7-17-13-19(22(27)24-20(17)12-16)15-25-8-10-26(11-9-25)21-5-3-2-4-18(21)14-23/h2-7,12-13H,8-11,15H2,1H3,(H,24,27). The summed E-state index contributed by atoms with van der Waals surface area (Å²) in [5.41, 5.74) is 4.54. The maximum atomic E-state index is 12.5. The summed E-state index contributed by atoms with van der Waals surface area (Å²) >= 11 is 0. The molecule has 0 atom stereocenters. The lowest BCUT2D eigenvalue weighted by Gasteiger charge is -2.36. The molecule has 27 heavy (non-hydrogen) atoms. The number of aryl methyl sites for hydroxylation is 1. The van der Waals surface area contributed by atoms with Gasteiger partial charge >= 0.3 is 0 Å². The van der Waals surface area contributed by atoms with E-state index >= 15 is 0 Å². The quantitative estimate of drug-likeness (QED) is 0.782. The number of H-pyrrole nitrogens is 1. The Morgan fingerprint density at radius 1 is 1.07 bits per heavy atom. The second-order valence-electron chi connectivity index (χ2n) is 7.11. The molecule has 0 aliphatic carbocycles. The molecule has 1 aliphatic heterocycles. The Labute approximate surface area is 158 Å². The fourth-order valence-corrected chi connectivity index (χ4v) is 3.71. The van der Waals surface area contributed by atoms with Gasteiger partial charge in [0.25, 0.3) is 5.56 Å². The summed E-state index contributed by atoms with van der Waals surface area (Å²) in [5, 5.41) is 10.4. The Morgan fingerprint density at radius 2 is 1.85 bits per heavy atom. The first kappa shape index (κ1) is 17.3. The van der Waals surface area contributed by atoms with Crippen LogP contribution >= 0.6 is 0 Å². The van der Waals surface area contributed by atoms with Gasteiger partial charge in [0.05, 0.1) is 11.3 Å². The minimum Gasteiger partial charge on any atom is -0.368 e. The van der Waals surface area contributed by atoms with Crippen LogP contribution in [0.1, 0.15) is 16.7 Å². The first-order chi connectivity index (χ1) is 13.1. The van der Waals surface area contributed by atoms with Gasteiger partial charge in [-0.2, -0.15) is 5.26 Å². The van der Waals surface area contributed by atoms with E-state index in [9.17, 15) is 10.1 Å². The van der Waals surface area contributed by atoms with Crippen molar-refractivity contribution in [3.8, 4) is 6.07 Å². The number of piperazine rings is 1. The number of nitriles is 1. The Balaban J connectivity index is 1.47. The van der Waals surface area contributed by atoms with Gasteiger partial charge in [0.2, 0.25) is 0 Å². The highest BCUT2D eigenvalue weighted by Crippen LogP contribution is 2.21. The van der Waals surface area contributed by atoms with Gasteiger partial charge in [-0.1, -0.05) is 24.3 Å². The van der Waals surface area contributed by atoms with Crippen LogP contribution in [-0.2, 0) is 6.54 Å². The number of hydrogen-bond donors (Lipinski definition) is 1. The van der Waals surface area contributed by atoms with Crippen LogP contribution in [0.4, 0.5) is 5.69 Å². The first-order valence-electron chi connectivity index (χ1n) is 9.23. The molecule has 3 aromatic rings. The van der Waals surface area contributed by atoms with Gasteiger partial charge in [0.1, 0.15) is 6.07 Å². The molecular formula is C22H22N4O. The number of benzene rings is 2. The third-order valence-electron chi connectivity index (χ3n) is 5.21. The second kappa shape index (κ2) is 7.26. The van der Waals surface area contributed by atoms with Crippen molar-refractivity contribution in [1.82, 2.24) is 9.88 Å². The summed E-state index contributed by atoms with van der Waals surface area (Å²) in [7, 11) is 0. The van der Waals surface area contributed by atoms with Gasteiger partial charge in [-0.25, -0.2) is 0 Å². The van der Waals surface area contributed by atoms with Crippen molar-refractivity contribution in [2.45, 2.75) is 13.5 Å². The molecule has 4 rings (SSSR count). The SMILES string of the molecule is Cc1ccc2cc(CN3CCN(c4ccccc4C#N)CC3)c(=O)[nH]c2c1. The fourth-order valence-electron chi connectivity index (χ4n) is 3.71. The smallest absolute Gasteiger partial charge is 0.252 e. The maximum absolute atomic E-state index is 12.5. The summed E-state index contributed by atoms with van der Waals surface area (Å²) in [6.07, 6.45) is 0. The van der Waals surface area contributed by atoms with Gasteiger partial charge in [-0.3, -0.25) is 9.69 Å². The highest BCUT2D eigenvalue weighted by molar-refractivity contribution is 5.79. The van der Waals surface area contributed by atoms with E-state index in [1.807, 2.05) is 43.3 Å². The fraction of sp³-hybridized carbons (Fsp3) is 0.273. The second-order valence-corrected chi connectivity index (χ2v) is 7.11. The van der Waals surface area contributed by atoms with E-state index in [2.05, 4.69) is 33.0 Å². The molecule has 0 spiro atoms. The van der Waals surface area contributed by atoms with Crippen LogP contribution in [0.25, 0.3) is 10.9 Å². The zero-order chi connectivity index (χ0) is 18.8. The van der Waals surface area contributed by atoms with Crippen LogP contribution in [0.15, 0.2) is 53.3 Å². The zero-order valence-electron chi connectivity index (χ0n) is 15.4. The molecule has 1 aromatic heterocycles. The van der Waals surface area contributed by atoms with Crippen molar-refractivity contribution >= 4 is 16.6 Å². The minimum atomic E-state index is -0.00893. The Bertz CT molecular complexity index is 1070. The Kier molecular flexibility index (Phi) is 4.66.